The van der Waals surface area contributed by atoms with Gasteiger partial charge in [-0.05, 0) is 18.6 Å². The van der Waals surface area contributed by atoms with Crippen molar-refractivity contribution in [2.45, 2.75) is 26.1 Å². The molecule has 0 bridgehead atoms. The summed E-state index contributed by atoms with van der Waals surface area (Å²) in [6.45, 7) is 6.08. The molecule has 0 aliphatic carbocycles. The highest BCUT2D eigenvalue weighted by Crippen LogP contribution is 2.12. The SMILES string of the molecule is CCn1cc(CN2CCOC[C@@H](O)C2)cc1C#N. The van der Waals surface area contributed by atoms with E-state index in [2.05, 4.69) is 11.0 Å². The number of nitrogens with zero attached hydrogens (tertiary/aromatic N) is 3. The summed E-state index contributed by atoms with van der Waals surface area (Å²) in [5, 5.41) is 18.7. The first-order chi connectivity index (χ1) is 8.72. The molecule has 1 aliphatic rings. The van der Waals surface area contributed by atoms with E-state index in [9.17, 15) is 5.11 Å². The molecule has 0 unspecified atom stereocenters. The van der Waals surface area contributed by atoms with Gasteiger partial charge in [0, 0.05) is 32.4 Å². The predicted octanol–water partition coefficient (Wildman–Crippen LogP) is 0.573. The van der Waals surface area contributed by atoms with Gasteiger partial charge < -0.3 is 14.4 Å². The molecule has 0 radical (unpaired) electrons. The topological polar surface area (TPSA) is 61.4 Å². The van der Waals surface area contributed by atoms with Crippen LogP contribution in [0.3, 0.4) is 0 Å². The molecule has 18 heavy (non-hydrogen) atoms. The Morgan fingerprint density at radius 3 is 3.11 bits per heavy atom. The standard InChI is InChI=1S/C13H19N3O2/c1-2-16-8-11(5-12(16)6-14)7-15-3-4-18-10-13(17)9-15/h5,8,13,17H,2-4,7,9-10H2,1H3/t13-/m0/s1. The lowest BCUT2D eigenvalue weighted by atomic mass is 10.2. The summed E-state index contributed by atoms with van der Waals surface area (Å²) < 4.78 is 7.24. The maximum Gasteiger partial charge on any atom is 0.120 e. The van der Waals surface area contributed by atoms with Crippen LogP contribution in [0.2, 0.25) is 0 Å². The minimum Gasteiger partial charge on any atom is -0.389 e. The van der Waals surface area contributed by atoms with E-state index in [1.807, 2.05) is 23.8 Å². The monoisotopic (exact) mass is 249 g/mol. The summed E-state index contributed by atoms with van der Waals surface area (Å²) in [6.07, 6.45) is 1.59. The minimum absolute atomic E-state index is 0.413. The molecule has 0 aromatic carbocycles. The van der Waals surface area contributed by atoms with Crippen molar-refractivity contribution in [2.75, 3.05) is 26.3 Å². The zero-order chi connectivity index (χ0) is 13.0. The van der Waals surface area contributed by atoms with Crippen LogP contribution in [0.5, 0.6) is 0 Å². The van der Waals surface area contributed by atoms with Gasteiger partial charge in [-0.25, -0.2) is 0 Å². The molecule has 1 atom stereocenters. The predicted molar refractivity (Wildman–Crippen MR) is 66.9 cm³/mol. The number of hydrogen-bond acceptors (Lipinski definition) is 4. The molecule has 1 N–H and O–H groups in total. The first-order valence-corrected chi connectivity index (χ1v) is 6.30. The lowest BCUT2D eigenvalue weighted by Crippen LogP contribution is -2.32. The third-order valence-corrected chi connectivity index (χ3v) is 3.15. The third-order valence-electron chi connectivity index (χ3n) is 3.15. The normalized spacial score (nSPS) is 21.5. The molecule has 0 saturated carbocycles. The second kappa shape index (κ2) is 6.01. The number of hydrogen-bond donors (Lipinski definition) is 1. The summed E-state index contributed by atoms with van der Waals surface area (Å²) in [6, 6.07) is 4.11. The van der Waals surface area contributed by atoms with E-state index in [1.54, 1.807) is 0 Å². The van der Waals surface area contributed by atoms with Crippen molar-refractivity contribution in [3.05, 3.63) is 23.5 Å². The zero-order valence-corrected chi connectivity index (χ0v) is 10.7. The van der Waals surface area contributed by atoms with Gasteiger partial charge in [0.15, 0.2) is 0 Å². The Morgan fingerprint density at radius 1 is 1.61 bits per heavy atom. The highest BCUT2D eigenvalue weighted by molar-refractivity contribution is 5.28. The number of β-amino-alcohol motifs (C(OH)–C–C–N with tert-alkyl or cyclic N) is 1. The van der Waals surface area contributed by atoms with E-state index < -0.39 is 6.10 Å². The summed E-state index contributed by atoms with van der Waals surface area (Å²) in [7, 11) is 0. The average molecular weight is 249 g/mol. The summed E-state index contributed by atoms with van der Waals surface area (Å²) in [5.41, 5.74) is 1.81. The van der Waals surface area contributed by atoms with Gasteiger partial charge in [-0.2, -0.15) is 5.26 Å². The molecule has 2 rings (SSSR count). The van der Waals surface area contributed by atoms with Crippen LogP contribution >= 0.6 is 0 Å². The number of aryl methyl sites for hydroxylation is 1. The van der Waals surface area contributed by atoms with Gasteiger partial charge in [-0.15, -0.1) is 0 Å². The molecular weight excluding hydrogens is 230 g/mol. The summed E-state index contributed by atoms with van der Waals surface area (Å²) >= 11 is 0. The lowest BCUT2D eigenvalue weighted by molar-refractivity contribution is 0.0562. The molecule has 2 heterocycles. The van der Waals surface area contributed by atoms with Gasteiger partial charge in [0.05, 0.1) is 19.3 Å². The number of aromatic nitrogens is 1. The van der Waals surface area contributed by atoms with Crippen molar-refractivity contribution in [1.82, 2.24) is 9.47 Å². The van der Waals surface area contributed by atoms with Crippen LogP contribution in [-0.4, -0.2) is 47.0 Å². The van der Waals surface area contributed by atoms with Crippen molar-refractivity contribution in [3.8, 4) is 6.07 Å². The van der Waals surface area contributed by atoms with Gasteiger partial charge >= 0.3 is 0 Å². The molecule has 0 amide bonds. The molecule has 5 nitrogen and oxygen atoms in total. The number of nitriles is 1. The largest absolute Gasteiger partial charge is 0.389 e. The van der Waals surface area contributed by atoms with Crippen LogP contribution in [0.4, 0.5) is 0 Å². The second-order valence-electron chi connectivity index (χ2n) is 4.60. The van der Waals surface area contributed by atoms with E-state index in [0.717, 1.165) is 25.2 Å². The highest BCUT2D eigenvalue weighted by atomic mass is 16.5. The van der Waals surface area contributed by atoms with E-state index in [-0.39, 0.29) is 0 Å². The third kappa shape index (κ3) is 3.10. The second-order valence-corrected chi connectivity index (χ2v) is 4.60. The van der Waals surface area contributed by atoms with Gasteiger partial charge in [0.2, 0.25) is 0 Å². The average Bonchev–Trinajstić information content (AvgIpc) is 2.64. The van der Waals surface area contributed by atoms with Crippen LogP contribution in [0, 0.1) is 11.3 Å². The van der Waals surface area contributed by atoms with E-state index in [1.165, 1.54) is 0 Å². The van der Waals surface area contributed by atoms with Gasteiger partial charge in [-0.3, -0.25) is 4.90 Å². The fourth-order valence-electron chi connectivity index (χ4n) is 2.27. The molecule has 1 aromatic rings. The van der Waals surface area contributed by atoms with Crippen molar-refractivity contribution in [3.63, 3.8) is 0 Å². The Kier molecular flexibility index (Phi) is 4.37. The van der Waals surface area contributed by atoms with Crippen LogP contribution in [0.15, 0.2) is 12.3 Å². The van der Waals surface area contributed by atoms with E-state index >= 15 is 0 Å². The maximum atomic E-state index is 9.67. The smallest absolute Gasteiger partial charge is 0.120 e. The van der Waals surface area contributed by atoms with Crippen LogP contribution in [0.25, 0.3) is 0 Å². The van der Waals surface area contributed by atoms with Gasteiger partial charge in [-0.1, -0.05) is 0 Å². The fourth-order valence-corrected chi connectivity index (χ4v) is 2.27. The Balaban J connectivity index is 2.04. The minimum atomic E-state index is -0.420. The van der Waals surface area contributed by atoms with Crippen LogP contribution in [-0.2, 0) is 17.8 Å². The Labute approximate surface area is 107 Å². The van der Waals surface area contributed by atoms with Crippen molar-refractivity contribution in [1.29, 1.82) is 5.26 Å². The lowest BCUT2D eigenvalue weighted by Gasteiger charge is -2.19. The van der Waals surface area contributed by atoms with Crippen molar-refractivity contribution in [2.24, 2.45) is 0 Å². The Hall–Kier alpha value is -1.35. The number of aliphatic hydroxyl groups excluding tert-OH is 1. The summed E-state index contributed by atoms with van der Waals surface area (Å²) in [4.78, 5) is 2.16. The number of aliphatic hydroxyl groups is 1. The van der Waals surface area contributed by atoms with E-state index in [4.69, 9.17) is 10.00 Å². The number of ether oxygens (including phenoxy) is 1. The molecule has 1 fully saturated rings. The maximum absolute atomic E-state index is 9.67. The fraction of sp³-hybridized carbons (Fsp3) is 0.615. The Morgan fingerprint density at radius 2 is 2.44 bits per heavy atom. The highest BCUT2D eigenvalue weighted by Gasteiger charge is 2.17. The molecule has 1 aromatic heterocycles. The molecule has 1 saturated heterocycles. The molecule has 0 spiro atoms. The van der Waals surface area contributed by atoms with Gasteiger partial charge in [0.1, 0.15) is 11.8 Å². The molecule has 1 aliphatic heterocycles. The van der Waals surface area contributed by atoms with Crippen LogP contribution in [0.1, 0.15) is 18.2 Å². The van der Waals surface area contributed by atoms with Crippen molar-refractivity contribution >= 4 is 0 Å². The zero-order valence-electron chi connectivity index (χ0n) is 10.7. The molecule has 98 valence electrons. The van der Waals surface area contributed by atoms with Crippen LogP contribution < -0.4 is 0 Å². The number of rotatable bonds is 3. The quantitative estimate of drug-likeness (QED) is 0.851. The molecular formula is C13H19N3O2. The first-order valence-electron chi connectivity index (χ1n) is 6.30. The molecule has 5 heteroatoms. The van der Waals surface area contributed by atoms with Crippen molar-refractivity contribution < 1.29 is 9.84 Å². The summed E-state index contributed by atoms with van der Waals surface area (Å²) in [5.74, 6) is 0. The van der Waals surface area contributed by atoms with Gasteiger partial charge in [0.25, 0.3) is 0 Å². The Bertz CT molecular complexity index is 436. The van der Waals surface area contributed by atoms with E-state index in [0.29, 0.717) is 25.5 Å². The first kappa shape index (κ1) is 13.1.